The van der Waals surface area contributed by atoms with Crippen molar-refractivity contribution in [2.24, 2.45) is 0 Å². The van der Waals surface area contributed by atoms with Crippen molar-refractivity contribution in [1.29, 1.82) is 0 Å². The summed E-state index contributed by atoms with van der Waals surface area (Å²) in [5.41, 5.74) is 3.65. The third-order valence-corrected chi connectivity index (χ3v) is 6.36. The van der Waals surface area contributed by atoms with Crippen LogP contribution in [0.2, 0.25) is 0 Å². The van der Waals surface area contributed by atoms with Crippen LogP contribution in [0.3, 0.4) is 0 Å². The van der Waals surface area contributed by atoms with E-state index in [0.29, 0.717) is 15.3 Å². The average molecular weight is 436 g/mol. The molecule has 6 rings (SSSR count). The van der Waals surface area contributed by atoms with Gasteiger partial charge in [-0.1, -0.05) is 90.2 Å². The molecule has 0 saturated heterocycles. The molecule has 0 fully saturated rings. The predicted octanol–water partition coefficient (Wildman–Crippen LogP) is 4.53. The Morgan fingerprint density at radius 3 is 2.41 bits per heavy atom. The Hall–Kier alpha value is -4.03. The largest absolute Gasteiger partial charge is 0.480 e. The molecule has 1 aliphatic heterocycles. The maximum absolute atomic E-state index is 13.1. The zero-order valence-electron chi connectivity index (χ0n) is 16.9. The van der Waals surface area contributed by atoms with Gasteiger partial charge in [0.1, 0.15) is 11.9 Å². The molecular weight excluding hydrogens is 418 g/mol. The lowest BCUT2D eigenvalue weighted by molar-refractivity contribution is 0.244. The molecule has 154 valence electrons. The number of aromatic nitrogens is 3. The number of nitrogens with zero attached hydrogens (tertiary/aromatic N) is 3. The van der Waals surface area contributed by atoms with Crippen LogP contribution in [0.4, 0.5) is 0 Å². The molecule has 3 heterocycles. The SMILES string of the molecule is O=c1/c(=C\C2=Cc3ccccc3OC2c2ccccc2)sc2nc(-c3ccccc3)nn12. The molecule has 5 aromatic rings. The minimum absolute atomic E-state index is 0.175. The number of thiazole rings is 1. The van der Waals surface area contributed by atoms with Crippen LogP contribution in [-0.2, 0) is 0 Å². The maximum atomic E-state index is 13.1. The Kier molecular flexibility index (Phi) is 4.44. The second-order valence-electron chi connectivity index (χ2n) is 7.50. The summed E-state index contributed by atoms with van der Waals surface area (Å²) in [6.45, 7) is 0. The normalized spacial score (nSPS) is 15.9. The van der Waals surface area contributed by atoms with Gasteiger partial charge in [-0.05, 0) is 29.4 Å². The molecule has 0 N–H and O–H groups in total. The highest BCUT2D eigenvalue weighted by Crippen LogP contribution is 2.37. The summed E-state index contributed by atoms with van der Waals surface area (Å²) >= 11 is 1.34. The minimum Gasteiger partial charge on any atom is -0.480 e. The number of ether oxygens (including phenoxy) is 1. The molecule has 0 amide bonds. The zero-order chi connectivity index (χ0) is 21.5. The molecule has 0 spiro atoms. The fourth-order valence-corrected chi connectivity index (χ4v) is 4.77. The van der Waals surface area contributed by atoms with Crippen molar-refractivity contribution in [1.82, 2.24) is 14.6 Å². The molecule has 1 unspecified atom stereocenters. The number of benzene rings is 3. The van der Waals surface area contributed by atoms with Gasteiger partial charge < -0.3 is 4.74 Å². The maximum Gasteiger partial charge on any atom is 0.291 e. The van der Waals surface area contributed by atoms with Crippen molar-refractivity contribution in [3.63, 3.8) is 0 Å². The van der Waals surface area contributed by atoms with Gasteiger partial charge in [0.05, 0.1) is 4.53 Å². The second-order valence-corrected chi connectivity index (χ2v) is 8.51. The van der Waals surface area contributed by atoms with E-state index >= 15 is 0 Å². The summed E-state index contributed by atoms with van der Waals surface area (Å²) in [6, 6.07) is 27.6. The summed E-state index contributed by atoms with van der Waals surface area (Å²) in [6.07, 6.45) is 3.69. The van der Waals surface area contributed by atoms with E-state index in [1.54, 1.807) is 0 Å². The summed E-state index contributed by atoms with van der Waals surface area (Å²) in [7, 11) is 0. The first-order valence-corrected chi connectivity index (χ1v) is 11.1. The van der Waals surface area contributed by atoms with Gasteiger partial charge in [-0.15, -0.1) is 5.10 Å². The first-order chi connectivity index (χ1) is 15.8. The van der Waals surface area contributed by atoms with Gasteiger partial charge in [0.25, 0.3) is 5.56 Å². The molecule has 0 aliphatic carbocycles. The van der Waals surface area contributed by atoms with Crippen LogP contribution in [0.1, 0.15) is 17.2 Å². The molecule has 32 heavy (non-hydrogen) atoms. The predicted molar refractivity (Wildman–Crippen MR) is 126 cm³/mol. The van der Waals surface area contributed by atoms with E-state index < -0.39 is 0 Å². The van der Waals surface area contributed by atoms with Gasteiger partial charge in [0.2, 0.25) is 4.96 Å². The van der Waals surface area contributed by atoms with E-state index in [2.05, 4.69) is 16.2 Å². The first kappa shape index (κ1) is 18.7. The molecule has 0 radical (unpaired) electrons. The molecule has 1 aliphatic rings. The molecule has 2 aromatic heterocycles. The van der Waals surface area contributed by atoms with Gasteiger partial charge >= 0.3 is 0 Å². The van der Waals surface area contributed by atoms with Gasteiger partial charge in [-0.2, -0.15) is 9.50 Å². The van der Waals surface area contributed by atoms with Gasteiger partial charge in [0, 0.05) is 11.1 Å². The Balaban J connectivity index is 1.48. The lowest BCUT2D eigenvalue weighted by atomic mass is 9.96. The van der Waals surface area contributed by atoms with Crippen LogP contribution in [0.5, 0.6) is 5.75 Å². The second kappa shape index (κ2) is 7.59. The van der Waals surface area contributed by atoms with Crippen molar-refractivity contribution in [3.8, 4) is 17.1 Å². The number of fused-ring (bicyclic) bond motifs is 2. The molecule has 3 aromatic carbocycles. The molecule has 0 bridgehead atoms. The third kappa shape index (κ3) is 3.21. The van der Waals surface area contributed by atoms with Crippen LogP contribution in [0.15, 0.2) is 95.3 Å². The number of hydrogen-bond acceptors (Lipinski definition) is 5. The Bertz CT molecular complexity index is 1570. The summed E-state index contributed by atoms with van der Waals surface area (Å²) in [5.74, 6) is 1.38. The van der Waals surface area contributed by atoms with E-state index in [0.717, 1.165) is 28.0 Å². The quantitative estimate of drug-likeness (QED) is 0.418. The topological polar surface area (TPSA) is 56.5 Å². The van der Waals surface area contributed by atoms with Gasteiger partial charge in [-0.25, -0.2) is 0 Å². The van der Waals surface area contributed by atoms with Crippen LogP contribution in [0, 0.1) is 0 Å². The number of rotatable bonds is 3. The number of hydrogen-bond donors (Lipinski definition) is 0. The molecule has 0 saturated carbocycles. The molecule has 6 heteroatoms. The van der Waals surface area contributed by atoms with E-state index in [1.807, 2.05) is 91.0 Å². The van der Waals surface area contributed by atoms with Crippen molar-refractivity contribution in [2.75, 3.05) is 0 Å². The van der Waals surface area contributed by atoms with Crippen LogP contribution < -0.4 is 14.8 Å². The monoisotopic (exact) mass is 435 g/mol. The van der Waals surface area contributed by atoms with Crippen molar-refractivity contribution in [3.05, 3.63) is 117 Å². The van der Waals surface area contributed by atoms with Gasteiger partial charge in [-0.3, -0.25) is 4.79 Å². The third-order valence-electron chi connectivity index (χ3n) is 5.40. The summed E-state index contributed by atoms with van der Waals surface area (Å²) < 4.78 is 8.30. The molecular formula is C26H17N3O2S. The fraction of sp³-hybridized carbons (Fsp3) is 0.0385. The van der Waals surface area contributed by atoms with E-state index in [-0.39, 0.29) is 11.7 Å². The number of para-hydroxylation sites is 1. The van der Waals surface area contributed by atoms with Crippen molar-refractivity contribution < 1.29 is 4.74 Å². The summed E-state index contributed by atoms with van der Waals surface area (Å²) in [5, 5.41) is 4.44. The lowest BCUT2D eigenvalue weighted by Crippen LogP contribution is -2.25. The smallest absolute Gasteiger partial charge is 0.291 e. The van der Waals surface area contributed by atoms with Crippen LogP contribution >= 0.6 is 11.3 Å². The van der Waals surface area contributed by atoms with Crippen molar-refractivity contribution in [2.45, 2.75) is 6.10 Å². The van der Waals surface area contributed by atoms with Crippen LogP contribution in [-0.4, -0.2) is 14.6 Å². The Morgan fingerprint density at radius 2 is 1.62 bits per heavy atom. The minimum atomic E-state index is -0.298. The zero-order valence-corrected chi connectivity index (χ0v) is 17.7. The Morgan fingerprint density at radius 1 is 0.906 bits per heavy atom. The highest BCUT2D eigenvalue weighted by atomic mass is 32.1. The Labute approximate surface area is 187 Å². The van der Waals surface area contributed by atoms with E-state index in [1.165, 1.54) is 15.9 Å². The van der Waals surface area contributed by atoms with Crippen molar-refractivity contribution >= 4 is 28.4 Å². The first-order valence-electron chi connectivity index (χ1n) is 10.3. The fourth-order valence-electron chi connectivity index (χ4n) is 3.86. The van der Waals surface area contributed by atoms with E-state index in [9.17, 15) is 4.79 Å². The molecule has 5 nitrogen and oxygen atoms in total. The molecule has 1 atom stereocenters. The average Bonchev–Trinajstić information content (AvgIpc) is 3.39. The van der Waals surface area contributed by atoms with Gasteiger partial charge in [0.15, 0.2) is 5.82 Å². The summed E-state index contributed by atoms with van der Waals surface area (Å²) in [4.78, 5) is 18.3. The standard InChI is InChI=1S/C26H17N3O2S/c30-25-22(32-26-27-24(28-29(25)26)18-11-5-2-6-12-18)16-20-15-19-13-7-8-14-21(19)31-23(20)17-9-3-1-4-10-17/h1-16,23H/b22-16+. The van der Waals surface area contributed by atoms with Crippen LogP contribution in [0.25, 0.3) is 28.5 Å². The highest BCUT2D eigenvalue weighted by Gasteiger charge is 2.23. The lowest BCUT2D eigenvalue weighted by Gasteiger charge is -2.26. The highest BCUT2D eigenvalue weighted by molar-refractivity contribution is 7.15. The van der Waals surface area contributed by atoms with E-state index in [4.69, 9.17) is 4.74 Å².